The number of hydrogen-bond acceptors (Lipinski definition) is 2. The molecule has 0 fully saturated rings. The summed E-state index contributed by atoms with van der Waals surface area (Å²) in [6, 6.07) is 14.9. The monoisotopic (exact) mass is 460 g/mol. The fourth-order valence-corrected chi connectivity index (χ4v) is 3.40. The number of aromatic nitrogens is 2. The summed E-state index contributed by atoms with van der Waals surface area (Å²) in [5.74, 6) is 0.330. The Morgan fingerprint density at radius 2 is 1.89 bits per heavy atom. The van der Waals surface area contributed by atoms with Gasteiger partial charge in [0.15, 0.2) is 10.9 Å². The van der Waals surface area contributed by atoms with E-state index >= 15 is 0 Å². The van der Waals surface area contributed by atoms with Crippen molar-refractivity contribution in [1.82, 2.24) is 9.78 Å². The molecule has 7 heteroatoms. The number of thiocarbonyl (C=S) groups is 1. The van der Waals surface area contributed by atoms with Gasteiger partial charge >= 0.3 is 0 Å². The maximum absolute atomic E-state index is 13.8. The van der Waals surface area contributed by atoms with E-state index in [0.717, 1.165) is 16.6 Å². The molecule has 2 aromatic carbocycles. The highest BCUT2D eigenvalue weighted by Crippen LogP contribution is 2.22. The van der Waals surface area contributed by atoms with E-state index in [9.17, 15) is 4.39 Å². The molecule has 2 N–H and O–H groups in total. The fourth-order valence-electron chi connectivity index (χ4n) is 2.77. The normalized spacial score (nSPS) is 10.7. The lowest BCUT2D eigenvalue weighted by molar-refractivity contribution is 0.586. The lowest BCUT2D eigenvalue weighted by Crippen LogP contribution is -2.19. The first-order valence-corrected chi connectivity index (χ1v) is 10.4. The molecule has 4 nitrogen and oxygen atoms in total. The zero-order valence-corrected chi connectivity index (χ0v) is 18.0. The van der Waals surface area contributed by atoms with Crippen molar-refractivity contribution in [1.29, 1.82) is 0 Å². The molecule has 0 amide bonds. The lowest BCUT2D eigenvalue weighted by Gasteiger charge is -2.10. The Labute approximate surface area is 178 Å². The summed E-state index contributed by atoms with van der Waals surface area (Å²) >= 11 is 8.86. The van der Waals surface area contributed by atoms with E-state index in [0.29, 0.717) is 23.0 Å². The molecule has 3 aromatic rings. The van der Waals surface area contributed by atoms with Crippen LogP contribution in [0.15, 0.2) is 59.2 Å². The van der Waals surface area contributed by atoms with Crippen LogP contribution < -0.4 is 10.6 Å². The zero-order valence-electron chi connectivity index (χ0n) is 15.6. The van der Waals surface area contributed by atoms with Crippen molar-refractivity contribution in [2.75, 3.05) is 10.6 Å². The summed E-state index contributed by atoms with van der Waals surface area (Å²) in [6.45, 7) is 2.53. The van der Waals surface area contributed by atoms with Crippen molar-refractivity contribution < 1.29 is 4.39 Å². The van der Waals surface area contributed by atoms with Gasteiger partial charge in [0.1, 0.15) is 5.82 Å². The Balaban J connectivity index is 1.59. The van der Waals surface area contributed by atoms with Crippen LogP contribution in [0, 0.1) is 5.82 Å². The van der Waals surface area contributed by atoms with Crippen molar-refractivity contribution in [3.05, 3.63) is 76.1 Å². The first-order valence-electron chi connectivity index (χ1n) is 9.18. The number of rotatable bonds is 7. The van der Waals surface area contributed by atoms with Crippen molar-refractivity contribution in [3.63, 3.8) is 0 Å². The summed E-state index contributed by atoms with van der Waals surface area (Å²) in [6.07, 6.45) is 5.26. The van der Waals surface area contributed by atoms with Crippen molar-refractivity contribution in [3.8, 4) is 0 Å². The van der Waals surface area contributed by atoms with Crippen LogP contribution in [-0.4, -0.2) is 14.9 Å². The molecule has 0 aliphatic carbocycles. The molecule has 0 spiro atoms. The summed E-state index contributed by atoms with van der Waals surface area (Å²) in [5, 5.41) is 11.1. The van der Waals surface area contributed by atoms with Crippen LogP contribution in [0.4, 0.5) is 15.9 Å². The minimum absolute atomic E-state index is 0.247. The number of halogens is 2. The maximum atomic E-state index is 13.8. The number of aryl methyl sites for hydroxylation is 1. The lowest BCUT2D eigenvalue weighted by atomic mass is 10.1. The van der Waals surface area contributed by atoms with Crippen molar-refractivity contribution in [2.45, 2.75) is 32.7 Å². The van der Waals surface area contributed by atoms with E-state index in [1.54, 1.807) is 23.0 Å². The Hall–Kier alpha value is -2.25. The Kier molecular flexibility index (Phi) is 7.17. The van der Waals surface area contributed by atoms with Crippen molar-refractivity contribution in [2.24, 2.45) is 0 Å². The topological polar surface area (TPSA) is 41.9 Å². The second-order valence-electron chi connectivity index (χ2n) is 6.49. The highest BCUT2D eigenvalue weighted by atomic mass is 79.9. The molecule has 3 rings (SSSR count). The minimum atomic E-state index is -0.247. The van der Waals surface area contributed by atoms with E-state index < -0.39 is 0 Å². The number of unbranched alkanes of at least 4 members (excludes halogenated alkanes) is 1. The van der Waals surface area contributed by atoms with Crippen LogP contribution in [0.25, 0.3) is 0 Å². The Bertz CT molecular complexity index is 940. The van der Waals surface area contributed by atoms with Crippen LogP contribution in [-0.2, 0) is 13.0 Å². The van der Waals surface area contributed by atoms with Gasteiger partial charge in [0.25, 0.3) is 0 Å². The standard InChI is InChI=1S/C21H22BrFN4S/c1-2-3-6-15-9-11-17(12-10-15)24-21(28)25-20-18(22)14-27(26-20)13-16-7-4-5-8-19(16)23/h4-5,7-12,14H,2-3,6,13H2,1H3,(H2,24,25,26,28). The molecule has 0 radical (unpaired) electrons. The van der Waals surface area contributed by atoms with Gasteiger partial charge in [-0.25, -0.2) is 4.39 Å². The number of benzene rings is 2. The molecule has 146 valence electrons. The SMILES string of the molecule is CCCCc1ccc(NC(=S)Nc2nn(Cc3ccccc3F)cc2Br)cc1. The molecule has 1 aromatic heterocycles. The number of nitrogens with zero attached hydrogens (tertiary/aromatic N) is 2. The Morgan fingerprint density at radius 1 is 1.14 bits per heavy atom. The fraction of sp³-hybridized carbons (Fsp3) is 0.238. The first-order chi connectivity index (χ1) is 13.5. The highest BCUT2D eigenvalue weighted by Gasteiger charge is 2.10. The first kappa shape index (κ1) is 20.5. The van der Waals surface area contributed by atoms with Gasteiger partial charge in [-0.3, -0.25) is 4.68 Å². The largest absolute Gasteiger partial charge is 0.332 e. The van der Waals surface area contributed by atoms with Gasteiger partial charge < -0.3 is 10.6 Å². The molecular weight excluding hydrogens is 439 g/mol. The molecular formula is C21H22BrFN4S. The average Bonchev–Trinajstić information content (AvgIpc) is 3.02. The summed E-state index contributed by atoms with van der Waals surface area (Å²) in [4.78, 5) is 0. The summed E-state index contributed by atoms with van der Waals surface area (Å²) in [5.41, 5.74) is 2.81. The van der Waals surface area contributed by atoms with E-state index in [-0.39, 0.29) is 5.82 Å². The maximum Gasteiger partial charge on any atom is 0.176 e. The molecule has 0 aliphatic heterocycles. The summed E-state index contributed by atoms with van der Waals surface area (Å²) in [7, 11) is 0. The van der Waals surface area contributed by atoms with Crippen LogP contribution in [0.1, 0.15) is 30.9 Å². The van der Waals surface area contributed by atoms with Crippen LogP contribution >= 0.6 is 28.1 Å². The highest BCUT2D eigenvalue weighted by molar-refractivity contribution is 9.10. The molecule has 1 heterocycles. The third-order valence-electron chi connectivity index (χ3n) is 4.27. The van der Waals surface area contributed by atoms with E-state index in [2.05, 4.69) is 50.7 Å². The molecule has 28 heavy (non-hydrogen) atoms. The molecule has 0 bridgehead atoms. The van der Waals surface area contributed by atoms with Crippen LogP contribution in [0.2, 0.25) is 0 Å². The van der Waals surface area contributed by atoms with Gasteiger partial charge in [-0.2, -0.15) is 5.10 Å². The van der Waals surface area contributed by atoms with Crippen molar-refractivity contribution >= 4 is 44.8 Å². The molecule has 0 unspecified atom stereocenters. The van der Waals surface area contributed by atoms with Gasteiger partial charge in [-0.15, -0.1) is 0 Å². The van der Waals surface area contributed by atoms with E-state index in [1.807, 2.05) is 18.2 Å². The predicted octanol–water partition coefficient (Wildman–Crippen LogP) is 5.98. The van der Waals surface area contributed by atoms with E-state index in [1.165, 1.54) is 24.5 Å². The second-order valence-corrected chi connectivity index (χ2v) is 7.76. The van der Waals surface area contributed by atoms with Crippen LogP contribution in [0.5, 0.6) is 0 Å². The molecule has 0 saturated heterocycles. The van der Waals surface area contributed by atoms with Gasteiger partial charge in [0, 0.05) is 17.4 Å². The smallest absolute Gasteiger partial charge is 0.176 e. The summed E-state index contributed by atoms with van der Waals surface area (Å²) < 4.78 is 16.2. The third kappa shape index (κ3) is 5.62. The van der Waals surface area contributed by atoms with Gasteiger partial charge in [0.05, 0.1) is 11.0 Å². The average molecular weight is 461 g/mol. The molecule has 0 saturated carbocycles. The Morgan fingerprint density at radius 3 is 2.61 bits per heavy atom. The molecule has 0 atom stereocenters. The number of hydrogen-bond donors (Lipinski definition) is 2. The number of anilines is 2. The van der Waals surface area contributed by atoms with Crippen LogP contribution in [0.3, 0.4) is 0 Å². The quantitative estimate of drug-likeness (QED) is 0.425. The predicted molar refractivity (Wildman–Crippen MR) is 120 cm³/mol. The molecule has 0 aliphatic rings. The van der Waals surface area contributed by atoms with Gasteiger partial charge in [0.2, 0.25) is 0 Å². The third-order valence-corrected chi connectivity index (χ3v) is 5.05. The zero-order chi connectivity index (χ0) is 19.9. The number of nitrogens with one attached hydrogen (secondary N) is 2. The second kappa shape index (κ2) is 9.80. The van der Waals surface area contributed by atoms with Gasteiger partial charge in [-0.1, -0.05) is 43.7 Å². The van der Waals surface area contributed by atoms with Gasteiger partial charge in [-0.05, 0) is 64.8 Å². The van der Waals surface area contributed by atoms with E-state index in [4.69, 9.17) is 12.2 Å². The minimum Gasteiger partial charge on any atom is -0.332 e.